The largest absolute Gasteiger partial charge is 0.436 e. The third kappa shape index (κ3) is 5.78. The zero-order valence-electron chi connectivity index (χ0n) is 10.6. The van der Waals surface area contributed by atoms with Crippen molar-refractivity contribution in [2.24, 2.45) is 5.41 Å². The van der Waals surface area contributed by atoms with Crippen molar-refractivity contribution in [1.29, 1.82) is 0 Å². The summed E-state index contributed by atoms with van der Waals surface area (Å²) >= 11 is 0. The number of ether oxygens (including phenoxy) is 2. The molecule has 0 aliphatic carbocycles. The van der Waals surface area contributed by atoms with Crippen LogP contribution < -0.4 is 0 Å². The summed E-state index contributed by atoms with van der Waals surface area (Å²) in [6.07, 6.45) is 2.42. The monoisotopic (exact) mass is 216 g/mol. The molecule has 0 aromatic heterocycles. The van der Waals surface area contributed by atoms with Crippen LogP contribution in [0.4, 0.5) is 0 Å². The summed E-state index contributed by atoms with van der Waals surface area (Å²) in [7, 11) is 0. The summed E-state index contributed by atoms with van der Waals surface area (Å²) in [5, 5.41) is 0. The van der Waals surface area contributed by atoms with E-state index < -0.39 is 11.7 Å². The highest BCUT2D eigenvalue weighted by molar-refractivity contribution is 5.75. The fraction of sp³-hybridized carbons (Fsp3) is 0.917. The molecule has 0 amide bonds. The molecule has 3 nitrogen and oxygen atoms in total. The van der Waals surface area contributed by atoms with E-state index in [9.17, 15) is 4.79 Å². The number of esters is 1. The number of hydrogen-bond acceptors (Lipinski definition) is 3. The molecule has 0 aromatic rings. The van der Waals surface area contributed by atoms with Gasteiger partial charge < -0.3 is 9.47 Å². The lowest BCUT2D eigenvalue weighted by Gasteiger charge is -2.23. The van der Waals surface area contributed by atoms with Crippen molar-refractivity contribution in [3.63, 3.8) is 0 Å². The van der Waals surface area contributed by atoms with Gasteiger partial charge in [0, 0.05) is 0 Å². The first-order valence-electron chi connectivity index (χ1n) is 5.76. The first kappa shape index (κ1) is 14.4. The Hall–Kier alpha value is -0.570. The lowest BCUT2D eigenvalue weighted by molar-refractivity contribution is -0.185. The van der Waals surface area contributed by atoms with Crippen molar-refractivity contribution in [3.8, 4) is 0 Å². The molecule has 1 unspecified atom stereocenters. The standard InChI is InChI=1S/C12H24O3/c1-6-8-9-14-10(3)15-11(13)12(4,5)7-2/h10H,6-9H2,1-5H3. The van der Waals surface area contributed by atoms with Crippen LogP contribution in [0, 0.1) is 5.41 Å². The van der Waals surface area contributed by atoms with Gasteiger partial charge in [-0.05, 0) is 33.6 Å². The van der Waals surface area contributed by atoms with Gasteiger partial charge in [-0.15, -0.1) is 0 Å². The molecule has 0 heterocycles. The highest BCUT2D eigenvalue weighted by Crippen LogP contribution is 2.22. The fourth-order valence-electron chi connectivity index (χ4n) is 0.882. The molecule has 1 atom stereocenters. The van der Waals surface area contributed by atoms with Crippen LogP contribution in [0.15, 0.2) is 0 Å². The molecule has 0 aliphatic heterocycles. The van der Waals surface area contributed by atoms with Crippen LogP contribution in [0.1, 0.15) is 53.9 Å². The molecule has 0 spiro atoms. The van der Waals surface area contributed by atoms with Gasteiger partial charge in [0.15, 0.2) is 6.29 Å². The first-order chi connectivity index (χ1) is 6.94. The van der Waals surface area contributed by atoms with Gasteiger partial charge in [-0.3, -0.25) is 4.79 Å². The summed E-state index contributed by atoms with van der Waals surface area (Å²) in [6, 6.07) is 0. The van der Waals surface area contributed by atoms with Crippen molar-refractivity contribution >= 4 is 5.97 Å². The van der Waals surface area contributed by atoms with Crippen molar-refractivity contribution in [1.82, 2.24) is 0 Å². The van der Waals surface area contributed by atoms with Crippen LogP contribution in [0.25, 0.3) is 0 Å². The molecule has 0 bridgehead atoms. The molecule has 3 heteroatoms. The maximum Gasteiger partial charge on any atom is 0.313 e. The summed E-state index contributed by atoms with van der Waals surface area (Å²) in [4.78, 5) is 11.6. The molecular formula is C12H24O3. The van der Waals surface area contributed by atoms with Gasteiger partial charge in [0.05, 0.1) is 12.0 Å². The normalized spacial score (nSPS) is 13.7. The molecule has 0 rings (SSSR count). The molecule has 0 aromatic carbocycles. The van der Waals surface area contributed by atoms with E-state index in [0.29, 0.717) is 6.61 Å². The number of hydrogen-bond donors (Lipinski definition) is 0. The Morgan fingerprint density at radius 2 is 1.93 bits per heavy atom. The van der Waals surface area contributed by atoms with Crippen molar-refractivity contribution in [2.45, 2.75) is 60.2 Å². The second kappa shape index (κ2) is 6.83. The third-order valence-corrected chi connectivity index (χ3v) is 2.56. The van der Waals surface area contributed by atoms with E-state index in [1.54, 1.807) is 6.92 Å². The molecule has 0 radical (unpaired) electrons. The second-order valence-corrected chi connectivity index (χ2v) is 4.43. The van der Waals surface area contributed by atoms with E-state index in [-0.39, 0.29) is 5.97 Å². The maximum atomic E-state index is 11.6. The van der Waals surface area contributed by atoms with Crippen LogP contribution in [-0.4, -0.2) is 18.9 Å². The van der Waals surface area contributed by atoms with Gasteiger partial charge in [-0.2, -0.15) is 0 Å². The summed E-state index contributed by atoms with van der Waals surface area (Å²) in [5.41, 5.74) is -0.414. The molecule has 0 aliphatic rings. The van der Waals surface area contributed by atoms with Gasteiger partial charge >= 0.3 is 5.97 Å². The molecule has 0 saturated heterocycles. The fourth-order valence-corrected chi connectivity index (χ4v) is 0.882. The molecule has 0 N–H and O–H groups in total. The SMILES string of the molecule is CCCCOC(C)OC(=O)C(C)(C)CC. The van der Waals surface area contributed by atoms with E-state index >= 15 is 0 Å². The second-order valence-electron chi connectivity index (χ2n) is 4.43. The van der Waals surface area contributed by atoms with Crippen LogP contribution in [0.2, 0.25) is 0 Å². The highest BCUT2D eigenvalue weighted by Gasteiger charge is 2.28. The maximum absolute atomic E-state index is 11.6. The Kier molecular flexibility index (Phi) is 6.57. The Balaban J connectivity index is 3.86. The first-order valence-corrected chi connectivity index (χ1v) is 5.76. The summed E-state index contributed by atoms with van der Waals surface area (Å²) in [6.45, 7) is 10.3. The Morgan fingerprint density at radius 1 is 1.33 bits per heavy atom. The van der Waals surface area contributed by atoms with Gasteiger partial charge in [0.2, 0.25) is 0 Å². The third-order valence-electron chi connectivity index (χ3n) is 2.56. The highest BCUT2D eigenvalue weighted by atomic mass is 16.7. The predicted molar refractivity (Wildman–Crippen MR) is 60.5 cm³/mol. The predicted octanol–water partition coefficient (Wildman–Crippen LogP) is 3.13. The summed E-state index contributed by atoms with van der Waals surface area (Å²) in [5.74, 6) is -0.186. The van der Waals surface area contributed by atoms with Gasteiger partial charge in [-0.1, -0.05) is 20.3 Å². The average molecular weight is 216 g/mol. The topological polar surface area (TPSA) is 35.5 Å². The molecule has 15 heavy (non-hydrogen) atoms. The van der Waals surface area contributed by atoms with Crippen LogP contribution in [0.3, 0.4) is 0 Å². The Morgan fingerprint density at radius 3 is 2.40 bits per heavy atom. The average Bonchev–Trinajstić information content (AvgIpc) is 2.18. The van der Waals surface area contributed by atoms with Crippen molar-refractivity contribution < 1.29 is 14.3 Å². The number of carbonyl (C=O) groups is 1. The summed E-state index contributed by atoms with van der Waals surface area (Å²) < 4.78 is 10.5. The number of rotatable bonds is 7. The van der Waals surface area contributed by atoms with E-state index in [1.807, 2.05) is 20.8 Å². The molecule has 0 fully saturated rings. The van der Waals surface area contributed by atoms with Crippen LogP contribution >= 0.6 is 0 Å². The Bertz CT molecular complexity index is 187. The number of carbonyl (C=O) groups excluding carboxylic acids is 1. The van der Waals surface area contributed by atoms with E-state index in [1.165, 1.54) is 0 Å². The minimum atomic E-state index is -0.435. The van der Waals surface area contributed by atoms with Crippen molar-refractivity contribution in [2.75, 3.05) is 6.61 Å². The van der Waals surface area contributed by atoms with Gasteiger partial charge in [0.1, 0.15) is 0 Å². The quantitative estimate of drug-likeness (QED) is 0.372. The van der Waals surface area contributed by atoms with Crippen LogP contribution in [-0.2, 0) is 14.3 Å². The minimum Gasteiger partial charge on any atom is -0.436 e. The zero-order chi connectivity index (χ0) is 11.9. The lowest BCUT2D eigenvalue weighted by atomic mass is 9.91. The molecule has 0 saturated carbocycles. The minimum absolute atomic E-state index is 0.186. The smallest absolute Gasteiger partial charge is 0.313 e. The molecule has 90 valence electrons. The van der Waals surface area contributed by atoms with Crippen LogP contribution in [0.5, 0.6) is 0 Å². The van der Waals surface area contributed by atoms with E-state index in [0.717, 1.165) is 19.3 Å². The Labute approximate surface area is 93.1 Å². The van der Waals surface area contributed by atoms with Gasteiger partial charge in [0.25, 0.3) is 0 Å². The van der Waals surface area contributed by atoms with Crippen molar-refractivity contribution in [3.05, 3.63) is 0 Å². The molecular weight excluding hydrogens is 192 g/mol. The van der Waals surface area contributed by atoms with E-state index in [4.69, 9.17) is 9.47 Å². The van der Waals surface area contributed by atoms with Gasteiger partial charge in [-0.25, -0.2) is 0 Å². The zero-order valence-corrected chi connectivity index (χ0v) is 10.6. The lowest BCUT2D eigenvalue weighted by Crippen LogP contribution is -2.30. The van der Waals surface area contributed by atoms with E-state index in [2.05, 4.69) is 6.92 Å². The number of unbranched alkanes of at least 4 members (excludes halogenated alkanes) is 1.